The molecule has 80 valence electrons. The molecule has 0 bridgehead atoms. The van der Waals surface area contributed by atoms with Crippen LogP contribution < -0.4 is 11.5 Å². The zero-order valence-electron chi connectivity index (χ0n) is 8.71. The van der Waals surface area contributed by atoms with E-state index in [2.05, 4.69) is 17.4 Å². The van der Waals surface area contributed by atoms with E-state index in [4.69, 9.17) is 5.73 Å². The molecule has 13 heavy (non-hydrogen) atoms. The smallest absolute Gasteiger partial charge is 0.404 e. The Bertz CT molecular complexity index is 106. The van der Waals surface area contributed by atoms with Gasteiger partial charge in [0.25, 0.3) is 0 Å². The second-order valence-corrected chi connectivity index (χ2v) is 2.66. The summed E-state index contributed by atoms with van der Waals surface area (Å²) in [5, 5.41) is 0. The van der Waals surface area contributed by atoms with Crippen molar-refractivity contribution in [2.45, 2.75) is 39.5 Å². The van der Waals surface area contributed by atoms with Crippen LogP contribution in [0.2, 0.25) is 0 Å². The molecule has 0 heterocycles. The molecule has 0 aromatic heterocycles. The zero-order chi connectivity index (χ0) is 10.5. The molecule has 0 atom stereocenters. The molecule has 4 heteroatoms. The zero-order valence-corrected chi connectivity index (χ0v) is 8.71. The summed E-state index contributed by atoms with van der Waals surface area (Å²) in [5.74, 6) is 0. The third-order valence-electron chi connectivity index (χ3n) is 1.30. The van der Waals surface area contributed by atoms with Gasteiger partial charge in [-0.05, 0) is 19.4 Å². The maximum atomic E-state index is 9.87. The minimum absolute atomic E-state index is 0.450. The second-order valence-electron chi connectivity index (χ2n) is 2.66. The number of rotatable bonds is 5. The van der Waals surface area contributed by atoms with Gasteiger partial charge in [0, 0.05) is 0 Å². The van der Waals surface area contributed by atoms with Crippen molar-refractivity contribution in [3.05, 3.63) is 0 Å². The lowest BCUT2D eigenvalue weighted by atomic mass is 10.3. The number of nitrogens with two attached hydrogens (primary N) is 2. The minimum Gasteiger partial charge on any atom is -0.450 e. The summed E-state index contributed by atoms with van der Waals surface area (Å²) >= 11 is 0. The maximum absolute atomic E-state index is 9.87. The van der Waals surface area contributed by atoms with E-state index < -0.39 is 6.09 Å². The van der Waals surface area contributed by atoms with E-state index in [0.717, 1.165) is 19.4 Å². The molecular formula is C9H22N2O2. The number of ether oxygens (including phenoxy) is 1. The van der Waals surface area contributed by atoms with Gasteiger partial charge < -0.3 is 16.2 Å². The molecule has 0 aromatic rings. The standard InChI is InChI=1S/C5H11NO2.C4H11N/c1-2-3-4-8-5(6)7;1-2-3-4-5/h2-4H2,1H3,(H2,6,7);2-5H2,1H3. The second kappa shape index (κ2) is 13.8. The molecule has 0 saturated carbocycles. The first-order chi connectivity index (χ1) is 6.18. The molecule has 0 aromatic carbocycles. The van der Waals surface area contributed by atoms with Crippen LogP contribution in [-0.4, -0.2) is 19.2 Å². The number of unbranched alkanes of at least 4 members (excludes halogenated alkanes) is 2. The molecule has 4 nitrogen and oxygen atoms in total. The van der Waals surface area contributed by atoms with Gasteiger partial charge in [-0.25, -0.2) is 4.79 Å². The Hall–Kier alpha value is -0.770. The maximum Gasteiger partial charge on any atom is 0.404 e. The first-order valence-electron chi connectivity index (χ1n) is 4.81. The molecule has 0 fully saturated rings. The van der Waals surface area contributed by atoms with Crippen LogP contribution in [0.3, 0.4) is 0 Å². The Balaban J connectivity index is 0. The molecule has 4 N–H and O–H groups in total. The lowest BCUT2D eigenvalue weighted by Crippen LogP contribution is -2.13. The van der Waals surface area contributed by atoms with Crippen molar-refractivity contribution in [3.63, 3.8) is 0 Å². The van der Waals surface area contributed by atoms with Crippen LogP contribution >= 0.6 is 0 Å². The van der Waals surface area contributed by atoms with Gasteiger partial charge in [-0.1, -0.05) is 26.7 Å². The number of carbonyl (C=O) groups excluding carboxylic acids is 1. The van der Waals surface area contributed by atoms with Gasteiger partial charge in [0.15, 0.2) is 0 Å². The fraction of sp³-hybridized carbons (Fsp3) is 0.889. The van der Waals surface area contributed by atoms with Crippen LogP contribution in [0.5, 0.6) is 0 Å². The molecule has 0 aliphatic carbocycles. The number of primary amides is 1. The molecule has 0 rings (SSSR count). The van der Waals surface area contributed by atoms with E-state index in [-0.39, 0.29) is 0 Å². The molecule has 0 aliphatic rings. The largest absolute Gasteiger partial charge is 0.450 e. The Morgan fingerprint density at radius 1 is 1.23 bits per heavy atom. The highest BCUT2D eigenvalue weighted by atomic mass is 16.5. The van der Waals surface area contributed by atoms with Crippen LogP contribution in [-0.2, 0) is 4.74 Å². The Morgan fingerprint density at radius 2 is 1.77 bits per heavy atom. The van der Waals surface area contributed by atoms with Crippen molar-refractivity contribution in [2.24, 2.45) is 11.5 Å². The quantitative estimate of drug-likeness (QED) is 0.647. The van der Waals surface area contributed by atoms with Crippen LogP contribution in [0.25, 0.3) is 0 Å². The van der Waals surface area contributed by atoms with E-state index in [1.54, 1.807) is 0 Å². The number of carbonyl (C=O) groups is 1. The fourth-order valence-electron chi connectivity index (χ4n) is 0.521. The predicted octanol–water partition coefficient (Wildman–Crippen LogP) is 1.63. The first-order valence-corrected chi connectivity index (χ1v) is 4.81. The minimum atomic E-state index is -0.682. The van der Waals surface area contributed by atoms with Crippen LogP contribution in [0, 0.1) is 0 Å². The fourth-order valence-corrected chi connectivity index (χ4v) is 0.521. The van der Waals surface area contributed by atoms with Crippen molar-refractivity contribution >= 4 is 6.09 Å². The van der Waals surface area contributed by atoms with Crippen molar-refractivity contribution in [1.29, 1.82) is 0 Å². The highest BCUT2D eigenvalue weighted by Crippen LogP contribution is 1.85. The molecule has 0 saturated heterocycles. The topological polar surface area (TPSA) is 78.3 Å². The van der Waals surface area contributed by atoms with Crippen molar-refractivity contribution in [3.8, 4) is 0 Å². The normalized spacial score (nSPS) is 8.54. The molecule has 0 aliphatic heterocycles. The van der Waals surface area contributed by atoms with Crippen LogP contribution in [0.4, 0.5) is 4.79 Å². The molecular weight excluding hydrogens is 168 g/mol. The highest BCUT2D eigenvalue weighted by Gasteiger charge is 1.88. The van der Waals surface area contributed by atoms with Crippen LogP contribution in [0.15, 0.2) is 0 Å². The van der Waals surface area contributed by atoms with Crippen molar-refractivity contribution < 1.29 is 9.53 Å². The lowest BCUT2D eigenvalue weighted by molar-refractivity contribution is 0.155. The van der Waals surface area contributed by atoms with E-state index in [9.17, 15) is 4.79 Å². The Kier molecular flexibility index (Phi) is 15.6. The summed E-state index contributed by atoms with van der Waals surface area (Å²) in [6.07, 6.45) is 3.62. The Morgan fingerprint density at radius 3 is 2.00 bits per heavy atom. The van der Waals surface area contributed by atoms with Gasteiger partial charge >= 0.3 is 6.09 Å². The monoisotopic (exact) mass is 190 g/mol. The third-order valence-corrected chi connectivity index (χ3v) is 1.30. The first kappa shape index (κ1) is 14.7. The SMILES string of the molecule is CCCCN.CCCCOC(N)=O. The molecule has 0 spiro atoms. The van der Waals surface area contributed by atoms with E-state index >= 15 is 0 Å². The number of amides is 1. The number of hydrogen-bond donors (Lipinski definition) is 2. The van der Waals surface area contributed by atoms with Crippen molar-refractivity contribution in [2.75, 3.05) is 13.2 Å². The van der Waals surface area contributed by atoms with Gasteiger partial charge in [-0.15, -0.1) is 0 Å². The summed E-state index contributed by atoms with van der Waals surface area (Å²) in [6.45, 7) is 5.44. The van der Waals surface area contributed by atoms with E-state index in [0.29, 0.717) is 6.61 Å². The highest BCUT2D eigenvalue weighted by molar-refractivity contribution is 5.64. The predicted molar refractivity (Wildman–Crippen MR) is 54.4 cm³/mol. The van der Waals surface area contributed by atoms with Gasteiger partial charge in [-0.2, -0.15) is 0 Å². The van der Waals surface area contributed by atoms with E-state index in [1.807, 2.05) is 6.92 Å². The summed E-state index contributed by atoms with van der Waals surface area (Å²) in [5.41, 5.74) is 9.81. The average Bonchev–Trinajstić information content (AvgIpc) is 2.07. The molecule has 0 unspecified atom stereocenters. The van der Waals surface area contributed by atoms with Gasteiger partial charge in [0.05, 0.1) is 6.61 Å². The van der Waals surface area contributed by atoms with Crippen LogP contribution in [0.1, 0.15) is 39.5 Å². The summed E-state index contributed by atoms with van der Waals surface area (Å²) < 4.78 is 4.42. The van der Waals surface area contributed by atoms with Gasteiger partial charge in [0.2, 0.25) is 0 Å². The molecule has 0 radical (unpaired) electrons. The lowest BCUT2D eigenvalue weighted by Gasteiger charge is -1.95. The summed E-state index contributed by atoms with van der Waals surface area (Å²) in [7, 11) is 0. The number of hydrogen-bond acceptors (Lipinski definition) is 3. The summed E-state index contributed by atoms with van der Waals surface area (Å²) in [6, 6.07) is 0. The van der Waals surface area contributed by atoms with Crippen molar-refractivity contribution in [1.82, 2.24) is 0 Å². The molecule has 1 amide bonds. The average molecular weight is 190 g/mol. The van der Waals surface area contributed by atoms with E-state index in [1.165, 1.54) is 12.8 Å². The van der Waals surface area contributed by atoms with Gasteiger partial charge in [0.1, 0.15) is 0 Å². The third kappa shape index (κ3) is 24.6. The van der Waals surface area contributed by atoms with Gasteiger partial charge in [-0.3, -0.25) is 0 Å². The Labute approximate surface area is 80.6 Å². The summed E-state index contributed by atoms with van der Waals surface area (Å²) in [4.78, 5) is 9.87.